The first-order valence-corrected chi connectivity index (χ1v) is 10.1. The van der Waals surface area contributed by atoms with Crippen molar-refractivity contribution in [2.24, 2.45) is 0 Å². The Morgan fingerprint density at radius 2 is 1.88 bits per heavy atom. The summed E-state index contributed by atoms with van der Waals surface area (Å²) in [5, 5.41) is 6.19. The maximum absolute atomic E-state index is 12.9. The number of benzene rings is 1. The van der Waals surface area contributed by atoms with E-state index >= 15 is 0 Å². The standard InChI is InChI=1S/C17H25N3O3S.ClH/c21-17(19-13-14-7-6-10-18-14)15-8-2-3-9-16(15)24(22,23)20-11-4-1-5-12-20;/h2-3,8-9,14,18H,1,4-7,10-13H2,(H,19,21);1H. The predicted octanol–water partition coefficient (Wildman–Crippen LogP) is 1.76. The third kappa shape index (κ3) is 4.73. The average molecular weight is 388 g/mol. The van der Waals surface area contributed by atoms with E-state index in [4.69, 9.17) is 0 Å². The van der Waals surface area contributed by atoms with E-state index in [1.54, 1.807) is 18.2 Å². The van der Waals surface area contributed by atoms with Crippen LogP contribution in [0.5, 0.6) is 0 Å². The van der Waals surface area contributed by atoms with E-state index in [0.29, 0.717) is 19.6 Å². The quantitative estimate of drug-likeness (QED) is 0.807. The van der Waals surface area contributed by atoms with Gasteiger partial charge in [-0.15, -0.1) is 12.4 Å². The van der Waals surface area contributed by atoms with Crippen molar-refractivity contribution in [3.63, 3.8) is 0 Å². The van der Waals surface area contributed by atoms with Gasteiger partial charge in [0.1, 0.15) is 0 Å². The minimum atomic E-state index is -3.62. The molecule has 2 fully saturated rings. The maximum atomic E-state index is 12.9. The van der Waals surface area contributed by atoms with Crippen LogP contribution in [0.4, 0.5) is 0 Å². The van der Waals surface area contributed by atoms with Crippen LogP contribution in [0.15, 0.2) is 29.2 Å². The molecule has 2 aliphatic heterocycles. The first-order chi connectivity index (χ1) is 11.6. The summed E-state index contributed by atoms with van der Waals surface area (Å²) in [5.74, 6) is -0.320. The molecule has 140 valence electrons. The van der Waals surface area contributed by atoms with Crippen LogP contribution in [0.1, 0.15) is 42.5 Å². The summed E-state index contributed by atoms with van der Waals surface area (Å²) in [7, 11) is -3.62. The van der Waals surface area contributed by atoms with Crippen molar-refractivity contribution in [1.82, 2.24) is 14.9 Å². The highest BCUT2D eigenvalue weighted by Gasteiger charge is 2.29. The molecule has 25 heavy (non-hydrogen) atoms. The van der Waals surface area contributed by atoms with E-state index in [9.17, 15) is 13.2 Å². The second-order valence-corrected chi connectivity index (χ2v) is 8.37. The number of halogens is 1. The smallest absolute Gasteiger partial charge is 0.252 e. The summed E-state index contributed by atoms with van der Waals surface area (Å²) >= 11 is 0. The summed E-state index contributed by atoms with van der Waals surface area (Å²) in [6, 6.07) is 6.78. The predicted molar refractivity (Wildman–Crippen MR) is 99.7 cm³/mol. The topological polar surface area (TPSA) is 78.5 Å². The molecule has 0 aliphatic carbocycles. The molecule has 1 aromatic rings. The lowest BCUT2D eigenvalue weighted by Gasteiger charge is -2.26. The lowest BCUT2D eigenvalue weighted by atomic mass is 10.2. The van der Waals surface area contributed by atoms with Crippen molar-refractivity contribution in [1.29, 1.82) is 0 Å². The van der Waals surface area contributed by atoms with Gasteiger partial charge in [0.2, 0.25) is 10.0 Å². The Morgan fingerprint density at radius 1 is 1.16 bits per heavy atom. The molecular weight excluding hydrogens is 362 g/mol. The molecule has 2 saturated heterocycles. The van der Waals surface area contributed by atoms with Gasteiger partial charge in [-0.2, -0.15) is 4.31 Å². The molecule has 3 rings (SSSR count). The normalized spacial score (nSPS) is 21.5. The molecular formula is C17H26ClN3O3S. The number of rotatable bonds is 5. The highest BCUT2D eigenvalue weighted by Crippen LogP contribution is 2.23. The van der Waals surface area contributed by atoms with Crippen molar-refractivity contribution in [3.05, 3.63) is 29.8 Å². The first-order valence-electron chi connectivity index (χ1n) is 8.70. The molecule has 1 unspecified atom stereocenters. The number of carbonyl (C=O) groups is 1. The number of amides is 1. The highest BCUT2D eigenvalue weighted by molar-refractivity contribution is 7.89. The third-order valence-electron chi connectivity index (χ3n) is 4.74. The van der Waals surface area contributed by atoms with Crippen LogP contribution in [0, 0.1) is 0 Å². The van der Waals surface area contributed by atoms with E-state index in [2.05, 4.69) is 10.6 Å². The molecule has 0 bridgehead atoms. The minimum Gasteiger partial charge on any atom is -0.350 e. The van der Waals surface area contributed by atoms with Gasteiger partial charge in [0.05, 0.1) is 10.5 Å². The van der Waals surface area contributed by atoms with Crippen LogP contribution in [-0.4, -0.2) is 50.9 Å². The van der Waals surface area contributed by atoms with Gasteiger partial charge in [0.25, 0.3) is 5.91 Å². The fourth-order valence-electron chi connectivity index (χ4n) is 3.37. The molecule has 8 heteroatoms. The Morgan fingerprint density at radius 3 is 2.56 bits per heavy atom. The fraction of sp³-hybridized carbons (Fsp3) is 0.588. The SMILES string of the molecule is Cl.O=C(NCC1CCCN1)c1ccccc1S(=O)(=O)N1CCCCC1. The van der Waals surface area contributed by atoms with E-state index in [0.717, 1.165) is 38.6 Å². The number of nitrogens with zero attached hydrogens (tertiary/aromatic N) is 1. The van der Waals surface area contributed by atoms with Crippen molar-refractivity contribution >= 4 is 28.3 Å². The Hall–Kier alpha value is -1.15. The molecule has 1 aromatic carbocycles. The largest absolute Gasteiger partial charge is 0.350 e. The number of piperidine rings is 1. The molecule has 0 radical (unpaired) electrons. The van der Waals surface area contributed by atoms with Gasteiger partial charge in [-0.25, -0.2) is 8.42 Å². The van der Waals surface area contributed by atoms with Gasteiger partial charge in [-0.1, -0.05) is 18.6 Å². The minimum absolute atomic E-state index is 0. The van der Waals surface area contributed by atoms with Crippen LogP contribution < -0.4 is 10.6 Å². The van der Waals surface area contributed by atoms with Gasteiger partial charge in [0, 0.05) is 25.7 Å². The Labute approximate surface area is 155 Å². The van der Waals surface area contributed by atoms with Crippen LogP contribution >= 0.6 is 12.4 Å². The lowest BCUT2D eigenvalue weighted by molar-refractivity contribution is 0.0947. The molecule has 0 aromatic heterocycles. The second kappa shape index (κ2) is 8.98. The number of hydrogen-bond donors (Lipinski definition) is 2. The number of sulfonamides is 1. The molecule has 2 N–H and O–H groups in total. The average Bonchev–Trinajstić information content (AvgIpc) is 3.14. The van der Waals surface area contributed by atoms with E-state index in [-0.39, 0.29) is 34.8 Å². The Balaban J connectivity index is 0.00000225. The summed E-state index contributed by atoms with van der Waals surface area (Å²) in [6.07, 6.45) is 4.96. The second-order valence-electron chi connectivity index (χ2n) is 6.46. The van der Waals surface area contributed by atoms with Crippen molar-refractivity contribution in [2.75, 3.05) is 26.2 Å². The Kier molecular flexibility index (Phi) is 7.25. The summed E-state index contributed by atoms with van der Waals surface area (Å²) in [4.78, 5) is 12.6. The monoisotopic (exact) mass is 387 g/mol. The van der Waals surface area contributed by atoms with Crippen molar-refractivity contribution in [2.45, 2.75) is 43.0 Å². The molecule has 2 heterocycles. The Bertz CT molecular complexity index is 684. The zero-order chi connectivity index (χ0) is 17.0. The molecule has 6 nitrogen and oxygen atoms in total. The van der Waals surface area contributed by atoms with Gasteiger partial charge in [-0.3, -0.25) is 4.79 Å². The van der Waals surface area contributed by atoms with E-state index < -0.39 is 10.0 Å². The summed E-state index contributed by atoms with van der Waals surface area (Å²) in [6.45, 7) is 2.56. The molecule has 1 amide bonds. The molecule has 2 aliphatic rings. The van der Waals surface area contributed by atoms with E-state index in [1.165, 1.54) is 10.4 Å². The van der Waals surface area contributed by atoms with Gasteiger partial charge in [-0.05, 0) is 44.4 Å². The maximum Gasteiger partial charge on any atom is 0.252 e. The molecule has 0 spiro atoms. The highest BCUT2D eigenvalue weighted by atomic mass is 35.5. The number of hydrogen-bond acceptors (Lipinski definition) is 4. The fourth-order valence-corrected chi connectivity index (χ4v) is 5.07. The third-order valence-corrected chi connectivity index (χ3v) is 6.69. The van der Waals surface area contributed by atoms with Crippen molar-refractivity contribution in [3.8, 4) is 0 Å². The van der Waals surface area contributed by atoms with Crippen LogP contribution in [0.25, 0.3) is 0 Å². The van der Waals surface area contributed by atoms with Gasteiger partial charge >= 0.3 is 0 Å². The zero-order valence-electron chi connectivity index (χ0n) is 14.2. The molecule has 1 atom stereocenters. The van der Waals surface area contributed by atoms with Crippen LogP contribution in [0.3, 0.4) is 0 Å². The summed E-state index contributed by atoms with van der Waals surface area (Å²) in [5.41, 5.74) is 0.237. The first kappa shape index (κ1) is 20.2. The number of carbonyl (C=O) groups excluding carboxylic acids is 1. The lowest BCUT2D eigenvalue weighted by Crippen LogP contribution is -2.39. The van der Waals surface area contributed by atoms with Gasteiger partial charge in [0.15, 0.2) is 0 Å². The number of nitrogens with one attached hydrogen (secondary N) is 2. The van der Waals surface area contributed by atoms with Crippen molar-refractivity contribution < 1.29 is 13.2 Å². The van der Waals surface area contributed by atoms with E-state index in [1.807, 2.05) is 0 Å². The van der Waals surface area contributed by atoms with Gasteiger partial charge < -0.3 is 10.6 Å². The van der Waals surface area contributed by atoms with Crippen LogP contribution in [0.2, 0.25) is 0 Å². The van der Waals surface area contributed by atoms with Crippen LogP contribution in [-0.2, 0) is 10.0 Å². The summed E-state index contributed by atoms with van der Waals surface area (Å²) < 4.78 is 27.3. The molecule has 0 saturated carbocycles. The zero-order valence-corrected chi connectivity index (χ0v) is 15.9.